The van der Waals surface area contributed by atoms with E-state index in [0.717, 1.165) is 33.3 Å². The van der Waals surface area contributed by atoms with E-state index in [4.69, 9.17) is 0 Å². The Bertz CT molecular complexity index is 1020. The van der Waals surface area contributed by atoms with Gasteiger partial charge in [-0.25, -0.2) is 0 Å². The summed E-state index contributed by atoms with van der Waals surface area (Å²) < 4.78 is 0. The lowest BCUT2D eigenvalue weighted by molar-refractivity contribution is 0.474. The van der Waals surface area contributed by atoms with E-state index < -0.39 is 0 Å². The van der Waals surface area contributed by atoms with E-state index >= 15 is 0 Å². The maximum absolute atomic E-state index is 9.56. The SMILES string of the molecule is Oc1cccc(CNc2cncc(-c3cccc4ncccc34)c2)c1. The van der Waals surface area contributed by atoms with E-state index in [2.05, 4.69) is 33.5 Å². The van der Waals surface area contributed by atoms with Crippen LogP contribution in [0.2, 0.25) is 0 Å². The highest BCUT2D eigenvalue weighted by Gasteiger charge is 2.05. The van der Waals surface area contributed by atoms with Gasteiger partial charge in [0.15, 0.2) is 0 Å². The normalized spacial score (nSPS) is 10.7. The Labute approximate surface area is 145 Å². The number of benzene rings is 2. The average Bonchev–Trinajstić information content (AvgIpc) is 2.66. The fraction of sp³-hybridized carbons (Fsp3) is 0.0476. The fourth-order valence-electron chi connectivity index (χ4n) is 2.91. The lowest BCUT2D eigenvalue weighted by Gasteiger charge is -2.10. The number of pyridine rings is 2. The Balaban J connectivity index is 1.63. The summed E-state index contributed by atoms with van der Waals surface area (Å²) >= 11 is 0. The number of phenols is 1. The van der Waals surface area contributed by atoms with E-state index in [9.17, 15) is 5.11 Å². The molecule has 2 aromatic carbocycles. The van der Waals surface area contributed by atoms with Gasteiger partial charge in [0.25, 0.3) is 0 Å². The minimum absolute atomic E-state index is 0.273. The molecule has 0 aliphatic carbocycles. The van der Waals surface area contributed by atoms with Crippen LogP contribution in [0.4, 0.5) is 5.69 Å². The van der Waals surface area contributed by atoms with Crippen LogP contribution in [0.15, 0.2) is 79.3 Å². The van der Waals surface area contributed by atoms with Crippen LogP contribution >= 0.6 is 0 Å². The third kappa shape index (κ3) is 3.28. The molecule has 0 aliphatic heterocycles. The smallest absolute Gasteiger partial charge is 0.115 e. The Hall–Kier alpha value is -3.40. The molecule has 0 saturated carbocycles. The Morgan fingerprint density at radius 3 is 2.76 bits per heavy atom. The highest BCUT2D eigenvalue weighted by molar-refractivity contribution is 5.94. The van der Waals surface area contributed by atoms with Crippen molar-refractivity contribution in [3.63, 3.8) is 0 Å². The van der Waals surface area contributed by atoms with Gasteiger partial charge in [0, 0.05) is 36.1 Å². The van der Waals surface area contributed by atoms with Crippen LogP contribution in [-0.4, -0.2) is 15.1 Å². The number of phenolic OH excluding ortho intramolecular Hbond substituents is 1. The number of anilines is 1. The van der Waals surface area contributed by atoms with Gasteiger partial charge in [-0.3, -0.25) is 9.97 Å². The number of fused-ring (bicyclic) bond motifs is 1. The average molecular weight is 327 g/mol. The van der Waals surface area contributed by atoms with Crippen molar-refractivity contribution in [2.75, 3.05) is 5.32 Å². The maximum Gasteiger partial charge on any atom is 0.115 e. The van der Waals surface area contributed by atoms with Crippen LogP contribution in [-0.2, 0) is 6.54 Å². The Kier molecular flexibility index (Phi) is 4.01. The molecule has 4 aromatic rings. The number of nitrogens with zero attached hydrogens (tertiary/aromatic N) is 2. The summed E-state index contributed by atoms with van der Waals surface area (Å²) in [6, 6.07) is 19.4. The van der Waals surface area contributed by atoms with Crippen LogP contribution in [0.5, 0.6) is 5.75 Å². The van der Waals surface area contributed by atoms with Gasteiger partial charge >= 0.3 is 0 Å². The van der Waals surface area contributed by atoms with Crippen molar-refractivity contribution < 1.29 is 5.11 Å². The lowest BCUT2D eigenvalue weighted by atomic mass is 10.0. The van der Waals surface area contributed by atoms with Crippen molar-refractivity contribution in [3.8, 4) is 16.9 Å². The highest BCUT2D eigenvalue weighted by Crippen LogP contribution is 2.28. The molecule has 4 heteroatoms. The van der Waals surface area contributed by atoms with Gasteiger partial charge in [-0.15, -0.1) is 0 Å². The predicted molar refractivity (Wildman–Crippen MR) is 100 cm³/mol. The third-order valence-corrected chi connectivity index (χ3v) is 4.10. The molecule has 0 amide bonds. The van der Waals surface area contributed by atoms with Gasteiger partial charge in [-0.2, -0.15) is 0 Å². The summed E-state index contributed by atoms with van der Waals surface area (Å²) in [7, 11) is 0. The molecular formula is C21H17N3O. The summed E-state index contributed by atoms with van der Waals surface area (Å²) in [4.78, 5) is 8.78. The first-order valence-corrected chi connectivity index (χ1v) is 8.10. The second-order valence-electron chi connectivity index (χ2n) is 5.86. The predicted octanol–water partition coefficient (Wildman–Crippen LogP) is 4.61. The van der Waals surface area contributed by atoms with E-state index in [1.54, 1.807) is 24.5 Å². The van der Waals surface area contributed by atoms with Gasteiger partial charge in [0.1, 0.15) is 5.75 Å². The van der Waals surface area contributed by atoms with Gasteiger partial charge in [0.2, 0.25) is 0 Å². The van der Waals surface area contributed by atoms with Gasteiger partial charge in [-0.1, -0.05) is 30.3 Å². The fourth-order valence-corrected chi connectivity index (χ4v) is 2.91. The highest BCUT2D eigenvalue weighted by atomic mass is 16.3. The third-order valence-electron chi connectivity index (χ3n) is 4.10. The van der Waals surface area contributed by atoms with E-state index in [1.807, 2.05) is 36.5 Å². The molecule has 4 rings (SSSR count). The zero-order chi connectivity index (χ0) is 17.1. The summed E-state index contributed by atoms with van der Waals surface area (Å²) in [5.41, 5.74) is 5.07. The topological polar surface area (TPSA) is 58.0 Å². The summed E-state index contributed by atoms with van der Waals surface area (Å²) in [5.74, 6) is 0.273. The molecule has 0 unspecified atom stereocenters. The summed E-state index contributed by atoms with van der Waals surface area (Å²) in [6.07, 6.45) is 5.47. The molecule has 0 saturated heterocycles. The first-order valence-electron chi connectivity index (χ1n) is 8.10. The molecule has 4 nitrogen and oxygen atoms in total. The molecule has 0 bridgehead atoms. The molecule has 2 aromatic heterocycles. The standard InChI is InChI=1S/C21H17N3O/c25-18-5-1-4-15(10-18)12-24-17-11-16(13-22-14-17)19-6-2-8-21-20(19)7-3-9-23-21/h1-11,13-14,24-25H,12H2. The van der Waals surface area contributed by atoms with Gasteiger partial charge in [-0.05, 0) is 41.5 Å². The number of aromatic nitrogens is 2. The van der Waals surface area contributed by atoms with Crippen LogP contribution in [0.1, 0.15) is 5.56 Å². The van der Waals surface area contributed by atoms with Crippen LogP contribution < -0.4 is 5.32 Å². The quantitative estimate of drug-likeness (QED) is 0.574. The number of rotatable bonds is 4. The van der Waals surface area contributed by atoms with Gasteiger partial charge < -0.3 is 10.4 Å². The molecule has 0 fully saturated rings. The second-order valence-corrected chi connectivity index (χ2v) is 5.86. The molecule has 0 spiro atoms. The van der Waals surface area contributed by atoms with Crippen molar-refractivity contribution in [1.29, 1.82) is 0 Å². The number of hydrogen-bond acceptors (Lipinski definition) is 4. The van der Waals surface area contributed by atoms with Crippen LogP contribution in [0, 0.1) is 0 Å². The van der Waals surface area contributed by atoms with Crippen LogP contribution in [0.3, 0.4) is 0 Å². The van der Waals surface area contributed by atoms with E-state index in [-0.39, 0.29) is 5.75 Å². The molecule has 2 heterocycles. The maximum atomic E-state index is 9.56. The minimum atomic E-state index is 0.273. The molecule has 0 aliphatic rings. The number of aromatic hydroxyl groups is 1. The van der Waals surface area contributed by atoms with Crippen molar-refractivity contribution in [1.82, 2.24) is 9.97 Å². The van der Waals surface area contributed by atoms with Crippen LogP contribution in [0.25, 0.3) is 22.0 Å². The monoisotopic (exact) mass is 327 g/mol. The summed E-state index contributed by atoms with van der Waals surface area (Å²) in [6.45, 7) is 0.622. The summed E-state index contributed by atoms with van der Waals surface area (Å²) in [5, 5.41) is 14.0. The second kappa shape index (κ2) is 6.61. The zero-order valence-corrected chi connectivity index (χ0v) is 13.6. The van der Waals surface area contributed by atoms with Crippen molar-refractivity contribution in [2.24, 2.45) is 0 Å². The van der Waals surface area contributed by atoms with E-state index in [0.29, 0.717) is 6.54 Å². The van der Waals surface area contributed by atoms with Crippen molar-refractivity contribution in [2.45, 2.75) is 6.54 Å². The molecule has 0 radical (unpaired) electrons. The van der Waals surface area contributed by atoms with Crippen molar-refractivity contribution in [3.05, 3.63) is 84.8 Å². The zero-order valence-electron chi connectivity index (χ0n) is 13.6. The molecule has 25 heavy (non-hydrogen) atoms. The largest absolute Gasteiger partial charge is 0.508 e. The Morgan fingerprint density at radius 2 is 1.84 bits per heavy atom. The minimum Gasteiger partial charge on any atom is -0.508 e. The van der Waals surface area contributed by atoms with Gasteiger partial charge in [0.05, 0.1) is 11.2 Å². The molecular weight excluding hydrogens is 310 g/mol. The lowest BCUT2D eigenvalue weighted by Crippen LogP contribution is -1.99. The number of hydrogen-bond donors (Lipinski definition) is 2. The van der Waals surface area contributed by atoms with E-state index in [1.165, 1.54) is 0 Å². The molecule has 2 N–H and O–H groups in total. The first-order chi connectivity index (χ1) is 12.3. The molecule has 122 valence electrons. The number of nitrogens with one attached hydrogen (secondary N) is 1. The first kappa shape index (κ1) is 15.1. The Morgan fingerprint density at radius 1 is 0.920 bits per heavy atom. The van der Waals surface area contributed by atoms with Crippen molar-refractivity contribution >= 4 is 16.6 Å². The molecule has 0 atom stereocenters.